The molecule has 3 N–H and O–H groups in total. The summed E-state index contributed by atoms with van der Waals surface area (Å²) in [5, 5.41) is 27.6. The molecule has 0 aromatic heterocycles. The Morgan fingerprint density at radius 3 is 1.88 bits per heavy atom. The second kappa shape index (κ2) is 11.9. The highest BCUT2D eigenvalue weighted by Gasteiger charge is 2.10. The van der Waals surface area contributed by atoms with Gasteiger partial charge >= 0.3 is 5.97 Å². The van der Waals surface area contributed by atoms with Gasteiger partial charge in [-0.25, -0.2) is 4.79 Å². The quantitative estimate of drug-likeness (QED) is 0.362. The van der Waals surface area contributed by atoms with E-state index in [1.807, 2.05) is 30.3 Å². The van der Waals surface area contributed by atoms with Crippen LogP contribution in [-0.4, -0.2) is 39.5 Å². The third kappa shape index (κ3) is 8.02. The average Bonchev–Trinajstić information content (AvgIpc) is 2.77. The maximum absolute atomic E-state index is 11.6. The van der Waals surface area contributed by atoms with E-state index in [-0.39, 0.29) is 53.2 Å². The van der Waals surface area contributed by atoms with Crippen molar-refractivity contribution in [1.82, 2.24) is 0 Å². The van der Waals surface area contributed by atoms with Gasteiger partial charge in [0.05, 0.1) is 11.1 Å². The molecule has 33 heavy (non-hydrogen) atoms. The fraction of sp³-hybridized carbons (Fsp3) is 0.160. The summed E-state index contributed by atoms with van der Waals surface area (Å²) in [7, 11) is 0. The van der Waals surface area contributed by atoms with Crippen molar-refractivity contribution in [3.63, 3.8) is 0 Å². The topological polar surface area (TPSA) is 130 Å². The Balaban J connectivity index is 0.000000294. The molecule has 0 heterocycles. The monoisotopic (exact) mass is 452 g/mol. The number of Topliss-reactive ketones (excluding diaryl/α,β-unsaturated/α-hetero) is 2. The van der Waals surface area contributed by atoms with Gasteiger partial charge in [-0.2, -0.15) is 0 Å². The van der Waals surface area contributed by atoms with Crippen molar-refractivity contribution >= 4 is 17.5 Å². The molecule has 0 saturated carbocycles. The van der Waals surface area contributed by atoms with Crippen LogP contribution in [-0.2, 0) is 16.1 Å². The molecule has 0 atom stereocenters. The fourth-order valence-electron chi connectivity index (χ4n) is 2.64. The summed E-state index contributed by atoms with van der Waals surface area (Å²) in [6, 6.07) is 17.4. The van der Waals surface area contributed by atoms with Crippen molar-refractivity contribution in [2.24, 2.45) is 0 Å². The van der Waals surface area contributed by atoms with Crippen LogP contribution >= 0.6 is 0 Å². The van der Waals surface area contributed by atoms with Crippen molar-refractivity contribution in [2.75, 3.05) is 6.61 Å². The standard InChI is InChI=1S/C17H16O5.C8H8O3/c1-12(18)15-8-7-14(9-16(15)19)21-11-17(20)22-10-13-5-3-2-4-6-13;1-5(9)7-3-2-6(10)4-8(7)11/h2-9,19H,10-11H2,1H3;2-4,10-11H,1H3. The van der Waals surface area contributed by atoms with E-state index < -0.39 is 5.97 Å². The summed E-state index contributed by atoms with van der Waals surface area (Å²) >= 11 is 0. The van der Waals surface area contributed by atoms with Gasteiger partial charge in [0.2, 0.25) is 0 Å². The zero-order valence-electron chi connectivity index (χ0n) is 18.1. The predicted octanol–water partition coefficient (Wildman–Crippen LogP) is 4.02. The first-order valence-corrected chi connectivity index (χ1v) is 9.86. The summed E-state index contributed by atoms with van der Waals surface area (Å²) in [5.74, 6) is -1.10. The summed E-state index contributed by atoms with van der Waals surface area (Å²) in [5.41, 5.74) is 1.32. The molecule has 0 spiro atoms. The number of carbonyl (C=O) groups excluding carboxylic acids is 3. The molecular weight excluding hydrogens is 428 g/mol. The molecule has 0 amide bonds. The SMILES string of the molecule is CC(=O)c1ccc(O)cc1O.CC(=O)c1ccc(OCC(=O)OCc2ccccc2)cc1O. The van der Waals surface area contributed by atoms with Gasteiger partial charge in [0.15, 0.2) is 18.2 Å². The van der Waals surface area contributed by atoms with Gasteiger partial charge in [-0.05, 0) is 43.7 Å². The van der Waals surface area contributed by atoms with Crippen molar-refractivity contribution in [2.45, 2.75) is 20.5 Å². The van der Waals surface area contributed by atoms with Crippen LogP contribution in [0, 0.1) is 0 Å². The van der Waals surface area contributed by atoms with Crippen LogP contribution in [0.4, 0.5) is 0 Å². The van der Waals surface area contributed by atoms with E-state index in [2.05, 4.69) is 0 Å². The van der Waals surface area contributed by atoms with E-state index in [1.54, 1.807) is 0 Å². The van der Waals surface area contributed by atoms with E-state index in [0.717, 1.165) is 11.6 Å². The van der Waals surface area contributed by atoms with Crippen LogP contribution in [0.25, 0.3) is 0 Å². The van der Waals surface area contributed by atoms with E-state index >= 15 is 0 Å². The smallest absolute Gasteiger partial charge is 0.344 e. The molecule has 172 valence electrons. The fourth-order valence-corrected chi connectivity index (χ4v) is 2.64. The molecule has 0 saturated heterocycles. The van der Waals surface area contributed by atoms with E-state index in [1.165, 1.54) is 44.2 Å². The first-order valence-electron chi connectivity index (χ1n) is 9.86. The van der Waals surface area contributed by atoms with Gasteiger partial charge in [0, 0.05) is 12.1 Å². The molecule has 0 radical (unpaired) electrons. The molecule has 0 fully saturated rings. The Bertz CT molecular complexity index is 1120. The molecule has 0 bridgehead atoms. The van der Waals surface area contributed by atoms with E-state index in [4.69, 9.17) is 19.7 Å². The minimum absolute atomic E-state index is 0.0486. The summed E-state index contributed by atoms with van der Waals surface area (Å²) in [6.45, 7) is 2.62. The van der Waals surface area contributed by atoms with E-state index in [0.29, 0.717) is 5.75 Å². The number of phenolic OH excluding ortho intramolecular Hbond substituents is 3. The van der Waals surface area contributed by atoms with Crippen LogP contribution in [0.15, 0.2) is 66.7 Å². The van der Waals surface area contributed by atoms with Crippen molar-refractivity contribution in [3.05, 3.63) is 83.4 Å². The zero-order valence-corrected chi connectivity index (χ0v) is 18.1. The number of carbonyl (C=O) groups is 3. The Morgan fingerprint density at radius 2 is 1.33 bits per heavy atom. The third-order valence-corrected chi connectivity index (χ3v) is 4.31. The molecule has 8 nitrogen and oxygen atoms in total. The maximum Gasteiger partial charge on any atom is 0.344 e. The summed E-state index contributed by atoms with van der Waals surface area (Å²) < 4.78 is 10.3. The van der Waals surface area contributed by atoms with Gasteiger partial charge in [-0.1, -0.05) is 30.3 Å². The number of hydrogen-bond donors (Lipinski definition) is 3. The second-order valence-corrected chi connectivity index (χ2v) is 6.93. The van der Waals surface area contributed by atoms with Gasteiger partial charge < -0.3 is 24.8 Å². The van der Waals surface area contributed by atoms with Crippen molar-refractivity contribution in [3.8, 4) is 23.0 Å². The molecular formula is C25H24O8. The lowest BCUT2D eigenvalue weighted by atomic mass is 10.1. The number of aromatic hydroxyl groups is 3. The number of ether oxygens (including phenoxy) is 2. The number of benzene rings is 3. The molecule has 8 heteroatoms. The van der Waals surface area contributed by atoms with Crippen LogP contribution in [0.3, 0.4) is 0 Å². The summed E-state index contributed by atoms with van der Waals surface area (Å²) in [4.78, 5) is 33.5. The molecule has 0 aliphatic carbocycles. The lowest BCUT2D eigenvalue weighted by Crippen LogP contribution is -2.14. The van der Waals surface area contributed by atoms with Crippen LogP contribution in [0.1, 0.15) is 40.1 Å². The van der Waals surface area contributed by atoms with Crippen molar-refractivity contribution < 1.29 is 39.2 Å². The number of esters is 1. The molecule has 3 aromatic rings. The molecule has 0 unspecified atom stereocenters. The number of rotatable bonds is 7. The molecule has 0 aliphatic rings. The zero-order chi connectivity index (χ0) is 24.4. The minimum atomic E-state index is -0.515. The third-order valence-electron chi connectivity index (χ3n) is 4.31. The molecule has 3 aromatic carbocycles. The Hall–Kier alpha value is -4.33. The largest absolute Gasteiger partial charge is 0.508 e. The lowest BCUT2D eigenvalue weighted by Gasteiger charge is -2.08. The van der Waals surface area contributed by atoms with Crippen LogP contribution < -0.4 is 4.74 Å². The van der Waals surface area contributed by atoms with Gasteiger partial charge in [-0.15, -0.1) is 0 Å². The first kappa shape index (κ1) is 24.9. The molecule has 3 rings (SSSR count). The molecule has 0 aliphatic heterocycles. The minimum Gasteiger partial charge on any atom is -0.508 e. The Kier molecular flexibility index (Phi) is 8.99. The van der Waals surface area contributed by atoms with Gasteiger partial charge in [-0.3, -0.25) is 9.59 Å². The van der Waals surface area contributed by atoms with Crippen LogP contribution in [0.2, 0.25) is 0 Å². The number of hydrogen-bond acceptors (Lipinski definition) is 8. The highest BCUT2D eigenvalue weighted by molar-refractivity contribution is 5.97. The Labute approximate surface area is 190 Å². The predicted molar refractivity (Wildman–Crippen MR) is 120 cm³/mol. The summed E-state index contributed by atoms with van der Waals surface area (Å²) in [6.07, 6.45) is 0. The normalized spacial score (nSPS) is 9.88. The maximum atomic E-state index is 11.6. The highest BCUT2D eigenvalue weighted by atomic mass is 16.6. The van der Waals surface area contributed by atoms with Crippen molar-refractivity contribution in [1.29, 1.82) is 0 Å². The van der Waals surface area contributed by atoms with Crippen LogP contribution in [0.5, 0.6) is 23.0 Å². The number of ketones is 2. The van der Waals surface area contributed by atoms with E-state index in [9.17, 15) is 19.5 Å². The average molecular weight is 452 g/mol. The van der Waals surface area contributed by atoms with Gasteiger partial charge in [0.25, 0.3) is 0 Å². The highest BCUT2D eigenvalue weighted by Crippen LogP contribution is 2.24. The second-order valence-electron chi connectivity index (χ2n) is 6.93. The van der Waals surface area contributed by atoms with Gasteiger partial charge in [0.1, 0.15) is 29.6 Å². The Morgan fingerprint density at radius 1 is 0.758 bits per heavy atom. The number of phenols is 3. The first-order chi connectivity index (χ1) is 15.7. The lowest BCUT2D eigenvalue weighted by molar-refractivity contribution is -0.147.